The normalized spacial score (nSPS) is 11.5. The van der Waals surface area contributed by atoms with Gasteiger partial charge in [0.1, 0.15) is 0 Å². The van der Waals surface area contributed by atoms with Crippen LogP contribution < -0.4 is 5.56 Å². The number of hydrogen-bond acceptors (Lipinski definition) is 3. The molecule has 2 aromatic rings. The van der Waals surface area contributed by atoms with E-state index in [1.54, 1.807) is 6.33 Å². The minimum Gasteiger partial charge on any atom is -0.311 e. The maximum atomic E-state index is 11.3. The van der Waals surface area contributed by atoms with Gasteiger partial charge in [-0.2, -0.15) is 0 Å². The lowest BCUT2D eigenvalue weighted by Crippen LogP contribution is -2.07. The van der Waals surface area contributed by atoms with Crippen molar-refractivity contribution in [2.45, 2.75) is 19.9 Å². The van der Waals surface area contributed by atoms with E-state index in [-0.39, 0.29) is 5.56 Å². The molecular weight excluding hydrogens is 192 g/mol. The fourth-order valence-corrected chi connectivity index (χ4v) is 1.38. The van der Waals surface area contributed by atoms with E-state index in [9.17, 15) is 4.79 Å². The second-order valence-corrected chi connectivity index (χ2v) is 3.18. The Labute approximate surface area is 86.5 Å². The largest absolute Gasteiger partial charge is 0.311 e. The van der Waals surface area contributed by atoms with E-state index >= 15 is 0 Å². The van der Waals surface area contributed by atoms with Crippen LogP contribution in [-0.4, -0.2) is 19.5 Å². The predicted octanol–water partition coefficient (Wildman–Crippen LogP) is 1.09. The maximum absolute atomic E-state index is 11.3. The molecule has 5 heteroatoms. The van der Waals surface area contributed by atoms with Gasteiger partial charge >= 0.3 is 0 Å². The SMILES string of the molecule is CC/C=C\Cn1cnc2c(=O)[nH]cnc21. The molecule has 0 aliphatic heterocycles. The van der Waals surface area contributed by atoms with Gasteiger partial charge in [0.15, 0.2) is 11.2 Å². The van der Waals surface area contributed by atoms with Crippen molar-refractivity contribution in [3.8, 4) is 0 Å². The molecule has 0 unspecified atom stereocenters. The van der Waals surface area contributed by atoms with Crippen LogP contribution in [0.2, 0.25) is 0 Å². The third-order valence-corrected chi connectivity index (χ3v) is 2.11. The average Bonchev–Trinajstić information content (AvgIpc) is 2.64. The molecule has 0 aliphatic rings. The molecule has 0 saturated carbocycles. The first-order valence-electron chi connectivity index (χ1n) is 4.86. The highest BCUT2D eigenvalue weighted by molar-refractivity contribution is 5.68. The third-order valence-electron chi connectivity index (χ3n) is 2.11. The molecule has 0 saturated heterocycles. The van der Waals surface area contributed by atoms with Crippen molar-refractivity contribution in [3.63, 3.8) is 0 Å². The van der Waals surface area contributed by atoms with Crippen LogP contribution in [0.4, 0.5) is 0 Å². The number of allylic oxidation sites excluding steroid dienone is 2. The van der Waals surface area contributed by atoms with E-state index < -0.39 is 0 Å². The smallest absolute Gasteiger partial charge is 0.278 e. The van der Waals surface area contributed by atoms with Gasteiger partial charge in [0.2, 0.25) is 0 Å². The minimum atomic E-state index is -0.196. The van der Waals surface area contributed by atoms with Crippen molar-refractivity contribution < 1.29 is 0 Å². The number of aromatic amines is 1. The minimum absolute atomic E-state index is 0.196. The van der Waals surface area contributed by atoms with Gasteiger partial charge in [0.25, 0.3) is 5.56 Å². The first-order chi connectivity index (χ1) is 7.33. The highest BCUT2D eigenvalue weighted by atomic mass is 16.1. The van der Waals surface area contributed by atoms with E-state index in [1.165, 1.54) is 6.33 Å². The lowest BCUT2D eigenvalue weighted by atomic mass is 10.4. The molecule has 1 N–H and O–H groups in total. The zero-order valence-electron chi connectivity index (χ0n) is 8.47. The van der Waals surface area contributed by atoms with Crippen molar-refractivity contribution in [1.29, 1.82) is 0 Å². The summed E-state index contributed by atoms with van der Waals surface area (Å²) in [5, 5.41) is 0. The van der Waals surface area contributed by atoms with Crippen molar-refractivity contribution in [2.75, 3.05) is 0 Å². The summed E-state index contributed by atoms with van der Waals surface area (Å²) in [6.07, 6.45) is 8.13. The Bertz CT molecular complexity index is 538. The zero-order chi connectivity index (χ0) is 10.7. The van der Waals surface area contributed by atoms with Crippen LogP contribution in [0.5, 0.6) is 0 Å². The highest BCUT2D eigenvalue weighted by Crippen LogP contribution is 2.03. The molecule has 15 heavy (non-hydrogen) atoms. The average molecular weight is 204 g/mol. The fourth-order valence-electron chi connectivity index (χ4n) is 1.38. The molecular formula is C10H12N4O. The molecule has 0 aromatic carbocycles. The number of H-pyrrole nitrogens is 1. The monoisotopic (exact) mass is 204 g/mol. The van der Waals surface area contributed by atoms with E-state index in [4.69, 9.17) is 0 Å². The Balaban J connectivity index is 2.41. The van der Waals surface area contributed by atoms with Crippen molar-refractivity contribution in [3.05, 3.63) is 35.2 Å². The molecule has 0 atom stereocenters. The number of rotatable bonds is 3. The van der Waals surface area contributed by atoms with Gasteiger partial charge in [-0.3, -0.25) is 4.79 Å². The molecule has 0 amide bonds. The van der Waals surface area contributed by atoms with Gasteiger partial charge in [-0.05, 0) is 6.42 Å². The lowest BCUT2D eigenvalue weighted by Gasteiger charge is -1.96. The quantitative estimate of drug-likeness (QED) is 0.761. The molecule has 0 radical (unpaired) electrons. The van der Waals surface area contributed by atoms with Gasteiger partial charge in [-0.15, -0.1) is 0 Å². The number of fused-ring (bicyclic) bond motifs is 1. The van der Waals surface area contributed by atoms with Crippen LogP contribution in [0.3, 0.4) is 0 Å². The molecule has 2 heterocycles. The van der Waals surface area contributed by atoms with Crippen molar-refractivity contribution in [1.82, 2.24) is 19.5 Å². The van der Waals surface area contributed by atoms with E-state index in [0.29, 0.717) is 17.7 Å². The van der Waals surface area contributed by atoms with Gasteiger partial charge in [-0.25, -0.2) is 9.97 Å². The Kier molecular flexibility index (Phi) is 2.62. The summed E-state index contributed by atoms with van der Waals surface area (Å²) in [7, 11) is 0. The van der Waals surface area contributed by atoms with Crippen molar-refractivity contribution >= 4 is 11.2 Å². The van der Waals surface area contributed by atoms with Crippen LogP contribution in [0.15, 0.2) is 29.6 Å². The number of nitrogens with one attached hydrogen (secondary N) is 1. The van der Waals surface area contributed by atoms with Crippen molar-refractivity contribution in [2.24, 2.45) is 0 Å². The topological polar surface area (TPSA) is 63.6 Å². The van der Waals surface area contributed by atoms with E-state index in [0.717, 1.165) is 6.42 Å². The molecule has 0 fully saturated rings. The van der Waals surface area contributed by atoms with Crippen LogP contribution >= 0.6 is 0 Å². The van der Waals surface area contributed by atoms with Crippen LogP contribution in [0.1, 0.15) is 13.3 Å². The Morgan fingerprint density at radius 2 is 2.33 bits per heavy atom. The van der Waals surface area contributed by atoms with Gasteiger partial charge in [0, 0.05) is 6.54 Å². The standard InChI is InChI=1S/C10H12N4O/c1-2-3-4-5-14-7-13-8-9(14)11-6-12-10(8)15/h3-4,6-7H,2,5H2,1H3,(H,11,12,15)/b4-3-. The fraction of sp³-hybridized carbons (Fsp3) is 0.300. The van der Waals surface area contributed by atoms with Gasteiger partial charge in [0.05, 0.1) is 12.7 Å². The zero-order valence-corrected chi connectivity index (χ0v) is 8.47. The van der Waals surface area contributed by atoms with Crippen LogP contribution in [0.25, 0.3) is 11.2 Å². The molecule has 2 rings (SSSR count). The predicted molar refractivity (Wildman–Crippen MR) is 57.6 cm³/mol. The summed E-state index contributed by atoms with van der Waals surface area (Å²) >= 11 is 0. The lowest BCUT2D eigenvalue weighted by molar-refractivity contribution is 0.833. The van der Waals surface area contributed by atoms with Crippen LogP contribution in [0, 0.1) is 0 Å². The Morgan fingerprint density at radius 3 is 3.13 bits per heavy atom. The van der Waals surface area contributed by atoms with Crippen LogP contribution in [-0.2, 0) is 6.54 Å². The molecule has 0 aliphatic carbocycles. The van der Waals surface area contributed by atoms with Gasteiger partial charge < -0.3 is 9.55 Å². The number of nitrogens with zero attached hydrogens (tertiary/aromatic N) is 3. The number of hydrogen-bond donors (Lipinski definition) is 1. The molecule has 0 spiro atoms. The summed E-state index contributed by atoms with van der Waals surface area (Å²) in [5.74, 6) is 0. The molecule has 0 bridgehead atoms. The Morgan fingerprint density at radius 1 is 1.47 bits per heavy atom. The Hall–Kier alpha value is -1.91. The number of aromatic nitrogens is 4. The summed E-state index contributed by atoms with van der Waals surface area (Å²) in [6, 6.07) is 0. The third kappa shape index (κ3) is 1.81. The maximum Gasteiger partial charge on any atom is 0.278 e. The summed E-state index contributed by atoms with van der Waals surface area (Å²) in [4.78, 5) is 21.9. The second-order valence-electron chi connectivity index (χ2n) is 3.18. The van der Waals surface area contributed by atoms with Gasteiger partial charge in [-0.1, -0.05) is 19.1 Å². The summed E-state index contributed by atoms with van der Waals surface area (Å²) in [6.45, 7) is 2.77. The molecule has 78 valence electrons. The first-order valence-corrected chi connectivity index (χ1v) is 4.86. The molecule has 5 nitrogen and oxygen atoms in total. The summed E-state index contributed by atoms with van der Waals surface area (Å²) < 4.78 is 1.84. The highest BCUT2D eigenvalue weighted by Gasteiger charge is 2.04. The van der Waals surface area contributed by atoms with E-state index in [1.807, 2.05) is 10.6 Å². The first kappa shape index (κ1) is 9.64. The summed E-state index contributed by atoms with van der Waals surface area (Å²) in [5.41, 5.74) is 0.820. The number of imidazole rings is 1. The second kappa shape index (κ2) is 4.08. The molecule has 2 aromatic heterocycles. The van der Waals surface area contributed by atoms with E-state index in [2.05, 4.69) is 28.0 Å².